The Kier molecular flexibility index (Phi) is 1.62. The van der Waals surface area contributed by atoms with Crippen LogP contribution in [0.3, 0.4) is 0 Å². The maximum atomic E-state index is 6.16. The first-order chi connectivity index (χ1) is 5.23. The molecule has 0 nitrogen and oxygen atoms in total. The zero-order valence-corrected chi connectivity index (χ0v) is 7.36. The molecule has 2 unspecified atom stereocenters. The molecule has 1 fully saturated rings. The predicted molar refractivity (Wildman–Crippen MR) is 47.1 cm³/mol. The van der Waals surface area contributed by atoms with Crippen LogP contribution in [0.15, 0.2) is 24.3 Å². The molecule has 1 aromatic rings. The average Bonchev–Trinajstić information content (AvgIpc) is 2.64. The molecule has 1 aromatic carbocycles. The maximum Gasteiger partial charge on any atom is 0.0879 e. The van der Waals surface area contributed by atoms with Crippen LogP contribution in [0.5, 0.6) is 0 Å². The molecule has 1 aliphatic rings. The van der Waals surface area contributed by atoms with Gasteiger partial charge in [-0.1, -0.05) is 24.3 Å². The van der Waals surface area contributed by atoms with Crippen molar-refractivity contribution in [2.24, 2.45) is 0 Å². The SMILES string of the molecule is ClC1CC1(Cl)c1[c]cccc1. The summed E-state index contributed by atoms with van der Waals surface area (Å²) < 4.78 is 0. The quantitative estimate of drug-likeness (QED) is 0.591. The van der Waals surface area contributed by atoms with Crippen molar-refractivity contribution in [2.75, 3.05) is 0 Å². The van der Waals surface area contributed by atoms with Gasteiger partial charge in [0.25, 0.3) is 0 Å². The summed E-state index contributed by atoms with van der Waals surface area (Å²) in [6, 6.07) is 10.8. The molecule has 0 amide bonds. The highest BCUT2D eigenvalue weighted by Crippen LogP contribution is 2.55. The Labute approximate surface area is 76.1 Å². The molecule has 0 aromatic heterocycles. The summed E-state index contributed by atoms with van der Waals surface area (Å²) in [4.78, 5) is -0.317. The molecule has 2 heteroatoms. The minimum Gasteiger partial charge on any atom is -0.121 e. The lowest BCUT2D eigenvalue weighted by atomic mass is 10.1. The van der Waals surface area contributed by atoms with E-state index in [-0.39, 0.29) is 10.3 Å². The van der Waals surface area contributed by atoms with Crippen molar-refractivity contribution in [3.05, 3.63) is 35.9 Å². The largest absolute Gasteiger partial charge is 0.121 e. The molecule has 1 radical (unpaired) electrons. The first kappa shape index (κ1) is 7.45. The van der Waals surface area contributed by atoms with Crippen LogP contribution in [-0.4, -0.2) is 5.38 Å². The summed E-state index contributed by atoms with van der Waals surface area (Å²) in [5.41, 5.74) is 1.02. The zero-order chi connectivity index (χ0) is 7.90. The van der Waals surface area contributed by atoms with Crippen LogP contribution in [0.2, 0.25) is 0 Å². The molecule has 2 atom stereocenters. The van der Waals surface area contributed by atoms with E-state index in [4.69, 9.17) is 23.2 Å². The van der Waals surface area contributed by atoms with Crippen molar-refractivity contribution in [2.45, 2.75) is 16.7 Å². The average molecular weight is 186 g/mol. The molecule has 0 aliphatic heterocycles. The fourth-order valence-corrected chi connectivity index (χ4v) is 1.84. The molecular weight excluding hydrogens is 179 g/mol. The van der Waals surface area contributed by atoms with Gasteiger partial charge in [-0.2, -0.15) is 0 Å². The van der Waals surface area contributed by atoms with E-state index >= 15 is 0 Å². The Morgan fingerprint density at radius 2 is 2.27 bits per heavy atom. The number of alkyl halides is 2. The summed E-state index contributed by atoms with van der Waals surface area (Å²) in [6.07, 6.45) is 0.858. The summed E-state index contributed by atoms with van der Waals surface area (Å²) in [7, 11) is 0. The van der Waals surface area contributed by atoms with Gasteiger partial charge >= 0.3 is 0 Å². The Morgan fingerprint density at radius 3 is 2.73 bits per heavy atom. The molecule has 57 valence electrons. The number of benzene rings is 1. The van der Waals surface area contributed by atoms with Crippen molar-refractivity contribution >= 4 is 23.2 Å². The van der Waals surface area contributed by atoms with Gasteiger partial charge in [-0.3, -0.25) is 0 Å². The fourth-order valence-electron chi connectivity index (χ4n) is 1.13. The second-order valence-corrected chi connectivity index (χ2v) is 4.01. The van der Waals surface area contributed by atoms with E-state index in [0.717, 1.165) is 12.0 Å². The van der Waals surface area contributed by atoms with Crippen molar-refractivity contribution in [1.29, 1.82) is 0 Å². The molecule has 0 spiro atoms. The minimum atomic E-state index is -0.317. The van der Waals surface area contributed by atoms with E-state index < -0.39 is 0 Å². The standard InChI is InChI=1S/C9H7Cl2/c10-8-6-9(8,11)7-4-2-1-3-5-7/h1-4,8H,6H2. The third-order valence-corrected chi connectivity index (χ3v) is 3.23. The topological polar surface area (TPSA) is 0 Å². The molecule has 1 aliphatic carbocycles. The molecule has 0 saturated heterocycles. The lowest BCUT2D eigenvalue weighted by Gasteiger charge is -2.04. The molecule has 0 N–H and O–H groups in total. The molecule has 1 saturated carbocycles. The lowest BCUT2D eigenvalue weighted by Crippen LogP contribution is -1.99. The second kappa shape index (κ2) is 2.40. The fraction of sp³-hybridized carbons (Fsp3) is 0.333. The highest BCUT2D eigenvalue weighted by Gasteiger charge is 2.53. The lowest BCUT2D eigenvalue weighted by molar-refractivity contribution is 1.01. The minimum absolute atomic E-state index is 0.0859. The second-order valence-electron chi connectivity index (χ2n) is 2.81. The first-order valence-electron chi connectivity index (χ1n) is 3.54. The third-order valence-electron chi connectivity index (χ3n) is 1.97. The summed E-state index contributed by atoms with van der Waals surface area (Å²) in [6.45, 7) is 0. The van der Waals surface area contributed by atoms with Gasteiger partial charge < -0.3 is 0 Å². The monoisotopic (exact) mass is 185 g/mol. The predicted octanol–water partition coefficient (Wildman–Crippen LogP) is 2.93. The van der Waals surface area contributed by atoms with Gasteiger partial charge in [0.1, 0.15) is 0 Å². The number of hydrogen-bond donors (Lipinski definition) is 0. The Balaban J connectivity index is 2.32. The Hall–Kier alpha value is -0.200. The van der Waals surface area contributed by atoms with Crippen molar-refractivity contribution in [3.8, 4) is 0 Å². The van der Waals surface area contributed by atoms with Crippen molar-refractivity contribution in [1.82, 2.24) is 0 Å². The van der Waals surface area contributed by atoms with E-state index in [2.05, 4.69) is 6.07 Å². The first-order valence-corrected chi connectivity index (χ1v) is 4.35. The van der Waals surface area contributed by atoms with Gasteiger partial charge in [-0.05, 0) is 18.1 Å². The highest BCUT2D eigenvalue weighted by atomic mass is 35.5. The third kappa shape index (κ3) is 1.15. The van der Waals surface area contributed by atoms with Crippen LogP contribution in [0.4, 0.5) is 0 Å². The zero-order valence-electron chi connectivity index (χ0n) is 5.85. The molecule has 2 rings (SSSR count). The van der Waals surface area contributed by atoms with Crippen molar-refractivity contribution in [3.63, 3.8) is 0 Å². The van der Waals surface area contributed by atoms with Crippen LogP contribution in [0, 0.1) is 6.07 Å². The summed E-state index contributed by atoms with van der Waals surface area (Å²) >= 11 is 12.0. The summed E-state index contributed by atoms with van der Waals surface area (Å²) in [5.74, 6) is 0. The van der Waals surface area contributed by atoms with Gasteiger partial charge in [0.05, 0.1) is 10.3 Å². The van der Waals surface area contributed by atoms with E-state index in [1.807, 2.05) is 24.3 Å². The van der Waals surface area contributed by atoms with Gasteiger partial charge in [0.15, 0.2) is 0 Å². The maximum absolute atomic E-state index is 6.16. The number of rotatable bonds is 1. The Bertz CT molecular complexity index is 258. The van der Waals surface area contributed by atoms with Crippen LogP contribution >= 0.6 is 23.2 Å². The van der Waals surface area contributed by atoms with Gasteiger partial charge in [-0.15, -0.1) is 23.2 Å². The van der Waals surface area contributed by atoms with E-state index in [1.165, 1.54) is 0 Å². The van der Waals surface area contributed by atoms with Crippen molar-refractivity contribution < 1.29 is 0 Å². The van der Waals surface area contributed by atoms with E-state index in [9.17, 15) is 0 Å². The van der Waals surface area contributed by atoms with E-state index in [0.29, 0.717) is 0 Å². The van der Waals surface area contributed by atoms with Crippen LogP contribution in [0.1, 0.15) is 12.0 Å². The number of hydrogen-bond acceptors (Lipinski definition) is 0. The molecular formula is C9H7Cl2. The van der Waals surface area contributed by atoms with Gasteiger partial charge in [-0.25, -0.2) is 0 Å². The molecule has 0 bridgehead atoms. The van der Waals surface area contributed by atoms with E-state index in [1.54, 1.807) is 0 Å². The molecule has 0 heterocycles. The van der Waals surface area contributed by atoms with Crippen LogP contribution in [-0.2, 0) is 4.87 Å². The van der Waals surface area contributed by atoms with Crippen LogP contribution in [0.25, 0.3) is 0 Å². The summed E-state index contributed by atoms with van der Waals surface area (Å²) in [5, 5.41) is 0.0859. The Morgan fingerprint density at radius 1 is 1.55 bits per heavy atom. The smallest absolute Gasteiger partial charge is 0.0879 e. The normalized spacial score (nSPS) is 35.3. The molecule has 11 heavy (non-hydrogen) atoms. The van der Waals surface area contributed by atoms with Gasteiger partial charge in [0.2, 0.25) is 0 Å². The van der Waals surface area contributed by atoms with Gasteiger partial charge in [0, 0.05) is 0 Å². The number of halogens is 2. The highest BCUT2D eigenvalue weighted by molar-refractivity contribution is 6.36. The van der Waals surface area contributed by atoms with Crippen LogP contribution < -0.4 is 0 Å².